The highest BCUT2D eigenvalue weighted by Crippen LogP contribution is 2.23. The molecule has 0 aliphatic heterocycles. The number of H-pyrrole nitrogens is 1. The normalized spacial score (nSPS) is 10.7. The summed E-state index contributed by atoms with van der Waals surface area (Å²) in [5.41, 5.74) is 2.33. The molecule has 0 fully saturated rings. The zero-order valence-corrected chi connectivity index (χ0v) is 13.2. The third kappa shape index (κ3) is 4.65. The summed E-state index contributed by atoms with van der Waals surface area (Å²) in [4.78, 5) is 7.11. The van der Waals surface area contributed by atoms with Gasteiger partial charge in [-0.3, -0.25) is 0 Å². The van der Waals surface area contributed by atoms with Crippen LogP contribution >= 0.6 is 15.9 Å². The number of nitrogens with zero attached hydrogens (tertiary/aromatic N) is 1. The van der Waals surface area contributed by atoms with Gasteiger partial charge < -0.3 is 15.0 Å². The maximum Gasteiger partial charge on any atom is 0.123 e. The minimum Gasteiger partial charge on any atom is -0.493 e. The Morgan fingerprint density at radius 1 is 1.40 bits per heavy atom. The Morgan fingerprint density at radius 3 is 3.05 bits per heavy atom. The number of hydrogen-bond acceptors (Lipinski definition) is 3. The van der Waals surface area contributed by atoms with Crippen molar-refractivity contribution in [3.8, 4) is 5.75 Å². The van der Waals surface area contributed by atoms with E-state index in [0.29, 0.717) is 0 Å². The molecule has 5 heteroatoms. The van der Waals surface area contributed by atoms with E-state index in [1.165, 1.54) is 5.56 Å². The Morgan fingerprint density at radius 2 is 2.30 bits per heavy atom. The summed E-state index contributed by atoms with van der Waals surface area (Å²) in [6, 6.07) is 6.14. The number of imidazole rings is 1. The van der Waals surface area contributed by atoms with E-state index in [1.54, 1.807) is 6.33 Å². The SMILES string of the molecule is CCCOc1ccc(Br)cc1CNCCc1cnc[nH]1. The molecule has 0 spiro atoms. The summed E-state index contributed by atoms with van der Waals surface area (Å²) >= 11 is 3.51. The Hall–Kier alpha value is -1.33. The molecule has 2 aromatic rings. The number of ether oxygens (including phenoxy) is 1. The van der Waals surface area contributed by atoms with Gasteiger partial charge in [-0.15, -0.1) is 0 Å². The van der Waals surface area contributed by atoms with Gasteiger partial charge in [0, 0.05) is 41.4 Å². The van der Waals surface area contributed by atoms with E-state index in [1.807, 2.05) is 18.3 Å². The van der Waals surface area contributed by atoms with Crippen molar-refractivity contribution in [2.24, 2.45) is 0 Å². The summed E-state index contributed by atoms with van der Waals surface area (Å²) in [6.07, 6.45) is 5.53. The van der Waals surface area contributed by atoms with Crippen molar-refractivity contribution in [1.29, 1.82) is 0 Å². The van der Waals surface area contributed by atoms with Crippen molar-refractivity contribution in [2.45, 2.75) is 26.3 Å². The lowest BCUT2D eigenvalue weighted by atomic mass is 10.2. The Balaban J connectivity index is 1.85. The van der Waals surface area contributed by atoms with Gasteiger partial charge in [-0.1, -0.05) is 22.9 Å². The molecule has 0 amide bonds. The number of aromatic amines is 1. The van der Waals surface area contributed by atoms with E-state index < -0.39 is 0 Å². The highest BCUT2D eigenvalue weighted by Gasteiger charge is 2.04. The van der Waals surface area contributed by atoms with Crippen LogP contribution in [0.5, 0.6) is 5.75 Å². The summed E-state index contributed by atoms with van der Waals surface area (Å²) < 4.78 is 6.84. The van der Waals surface area contributed by atoms with Gasteiger partial charge >= 0.3 is 0 Å². The average molecular weight is 338 g/mol. The number of nitrogens with one attached hydrogen (secondary N) is 2. The van der Waals surface area contributed by atoms with Crippen LogP contribution in [0.3, 0.4) is 0 Å². The predicted octanol–water partition coefficient (Wildman–Crippen LogP) is 3.29. The molecule has 0 aliphatic carbocycles. The van der Waals surface area contributed by atoms with Crippen molar-refractivity contribution in [2.75, 3.05) is 13.2 Å². The van der Waals surface area contributed by atoms with Crippen LogP contribution in [-0.4, -0.2) is 23.1 Å². The first kappa shape index (κ1) is 15.1. The summed E-state index contributed by atoms with van der Waals surface area (Å²) in [7, 11) is 0. The zero-order valence-electron chi connectivity index (χ0n) is 11.7. The standard InChI is InChI=1S/C15H20BrN3O/c1-2-7-20-15-4-3-13(16)8-12(15)9-17-6-5-14-10-18-11-19-14/h3-4,8,10-11,17H,2,5-7,9H2,1H3,(H,18,19). The molecule has 0 unspecified atom stereocenters. The number of hydrogen-bond donors (Lipinski definition) is 2. The molecule has 0 saturated heterocycles. The molecule has 2 rings (SSSR count). The van der Waals surface area contributed by atoms with E-state index in [4.69, 9.17) is 4.74 Å². The van der Waals surface area contributed by atoms with Crippen molar-refractivity contribution in [3.63, 3.8) is 0 Å². The molecule has 1 aromatic heterocycles. The highest BCUT2D eigenvalue weighted by atomic mass is 79.9. The van der Waals surface area contributed by atoms with Crippen LogP contribution < -0.4 is 10.1 Å². The topological polar surface area (TPSA) is 49.9 Å². The van der Waals surface area contributed by atoms with E-state index >= 15 is 0 Å². The van der Waals surface area contributed by atoms with Gasteiger partial charge in [-0.25, -0.2) is 4.98 Å². The molecular weight excluding hydrogens is 318 g/mol. The second-order valence-electron chi connectivity index (χ2n) is 4.60. The average Bonchev–Trinajstić information content (AvgIpc) is 2.96. The predicted molar refractivity (Wildman–Crippen MR) is 83.9 cm³/mol. The van der Waals surface area contributed by atoms with Crippen LogP contribution in [0, 0.1) is 0 Å². The van der Waals surface area contributed by atoms with E-state index in [9.17, 15) is 0 Å². The molecule has 2 N–H and O–H groups in total. The molecule has 20 heavy (non-hydrogen) atoms. The first-order valence-electron chi connectivity index (χ1n) is 6.88. The largest absolute Gasteiger partial charge is 0.493 e. The summed E-state index contributed by atoms with van der Waals surface area (Å²) in [5.74, 6) is 0.962. The minimum absolute atomic E-state index is 0.753. The van der Waals surface area contributed by atoms with Gasteiger partial charge in [0.05, 0.1) is 12.9 Å². The molecule has 108 valence electrons. The van der Waals surface area contributed by atoms with Crippen LogP contribution in [-0.2, 0) is 13.0 Å². The van der Waals surface area contributed by atoms with Gasteiger partial charge in [0.25, 0.3) is 0 Å². The maximum atomic E-state index is 5.77. The van der Waals surface area contributed by atoms with Crippen LogP contribution in [0.15, 0.2) is 35.2 Å². The second kappa shape index (κ2) is 8.07. The fraction of sp³-hybridized carbons (Fsp3) is 0.400. The maximum absolute atomic E-state index is 5.77. The van der Waals surface area contributed by atoms with Gasteiger partial charge in [0.1, 0.15) is 5.75 Å². The lowest BCUT2D eigenvalue weighted by Gasteiger charge is -2.12. The molecule has 0 aliphatic rings. The van der Waals surface area contributed by atoms with E-state index in [0.717, 1.165) is 48.5 Å². The van der Waals surface area contributed by atoms with Crippen molar-refractivity contribution >= 4 is 15.9 Å². The summed E-state index contributed by atoms with van der Waals surface area (Å²) in [5, 5.41) is 3.44. The number of benzene rings is 1. The van der Waals surface area contributed by atoms with Crippen molar-refractivity contribution in [1.82, 2.24) is 15.3 Å². The minimum atomic E-state index is 0.753. The van der Waals surface area contributed by atoms with Gasteiger partial charge in [-0.2, -0.15) is 0 Å². The first-order chi connectivity index (χ1) is 9.79. The lowest BCUT2D eigenvalue weighted by Crippen LogP contribution is -2.17. The Bertz CT molecular complexity index is 514. The Labute approximate surface area is 128 Å². The van der Waals surface area contributed by atoms with Gasteiger partial charge in [-0.05, 0) is 24.6 Å². The lowest BCUT2D eigenvalue weighted by molar-refractivity contribution is 0.313. The van der Waals surface area contributed by atoms with Crippen LogP contribution in [0.2, 0.25) is 0 Å². The molecule has 0 bridgehead atoms. The van der Waals surface area contributed by atoms with Gasteiger partial charge in [0.15, 0.2) is 0 Å². The third-order valence-electron chi connectivity index (χ3n) is 2.93. The van der Waals surface area contributed by atoms with Crippen LogP contribution in [0.25, 0.3) is 0 Å². The first-order valence-corrected chi connectivity index (χ1v) is 7.68. The Kier molecular flexibility index (Phi) is 6.08. The molecule has 0 saturated carbocycles. The second-order valence-corrected chi connectivity index (χ2v) is 5.52. The highest BCUT2D eigenvalue weighted by molar-refractivity contribution is 9.10. The molecule has 1 aromatic carbocycles. The van der Waals surface area contributed by atoms with Crippen LogP contribution in [0.4, 0.5) is 0 Å². The van der Waals surface area contributed by atoms with Crippen LogP contribution in [0.1, 0.15) is 24.6 Å². The van der Waals surface area contributed by atoms with Crippen molar-refractivity contribution in [3.05, 3.63) is 46.5 Å². The fourth-order valence-corrected chi connectivity index (χ4v) is 2.32. The molecular formula is C15H20BrN3O. The zero-order chi connectivity index (χ0) is 14.2. The van der Waals surface area contributed by atoms with E-state index in [-0.39, 0.29) is 0 Å². The number of rotatable bonds is 8. The molecule has 1 heterocycles. The third-order valence-corrected chi connectivity index (χ3v) is 3.42. The molecule has 4 nitrogen and oxygen atoms in total. The summed E-state index contributed by atoms with van der Waals surface area (Å²) in [6.45, 7) is 4.57. The van der Waals surface area contributed by atoms with Crippen molar-refractivity contribution < 1.29 is 4.74 Å². The molecule has 0 atom stereocenters. The number of aromatic nitrogens is 2. The fourth-order valence-electron chi connectivity index (χ4n) is 1.91. The van der Waals surface area contributed by atoms with E-state index in [2.05, 4.69) is 44.2 Å². The number of halogens is 1. The quantitative estimate of drug-likeness (QED) is 0.726. The monoisotopic (exact) mass is 337 g/mol. The van der Waals surface area contributed by atoms with Gasteiger partial charge in [0.2, 0.25) is 0 Å². The smallest absolute Gasteiger partial charge is 0.123 e. The molecule has 0 radical (unpaired) electrons.